The van der Waals surface area contributed by atoms with E-state index in [9.17, 15) is 0 Å². The Labute approximate surface area is 335 Å². The first kappa shape index (κ1) is 40.6. The number of aromatic nitrogens is 4. The number of rotatable bonds is 9. The topological polar surface area (TPSA) is 79.5 Å². The van der Waals surface area contributed by atoms with Gasteiger partial charge in [0.1, 0.15) is 0 Å². The van der Waals surface area contributed by atoms with E-state index in [2.05, 4.69) is 108 Å². The predicted octanol–water partition coefficient (Wildman–Crippen LogP) is 4.07. The highest BCUT2D eigenvalue weighted by atomic mass is 79.9. The molecule has 0 aliphatic rings. The molecular weight excluding hydrogens is 806 g/mol. The number of pyridine rings is 4. The number of halogens is 2. The van der Waals surface area contributed by atoms with Gasteiger partial charge in [-0.05, 0) is 59.0 Å². The summed E-state index contributed by atoms with van der Waals surface area (Å²) in [6.07, 6.45) is 7.56. The number of hydrogen-bond acceptors (Lipinski definition) is 7. The zero-order valence-corrected chi connectivity index (χ0v) is 33.8. The molecule has 54 heavy (non-hydrogen) atoms. The fraction of sp³-hybridized carbons (Fsp3) is 0.143. The lowest BCUT2D eigenvalue weighted by Gasteiger charge is -2.10. The molecule has 0 saturated heterocycles. The minimum absolute atomic E-state index is 0. The summed E-state index contributed by atoms with van der Waals surface area (Å²) in [6, 6.07) is 41.1. The Balaban J connectivity index is 0.000000169. The van der Waals surface area contributed by atoms with Crippen molar-refractivity contribution in [2.24, 2.45) is 0 Å². The van der Waals surface area contributed by atoms with Crippen LogP contribution in [0.1, 0.15) is 11.1 Å². The molecule has 0 aliphatic carbocycles. The van der Waals surface area contributed by atoms with Crippen LogP contribution in [0.5, 0.6) is 0 Å². The van der Waals surface area contributed by atoms with Crippen LogP contribution in [-0.4, -0.2) is 57.6 Å². The van der Waals surface area contributed by atoms with Crippen molar-refractivity contribution in [3.8, 4) is 0 Å². The van der Waals surface area contributed by atoms with E-state index < -0.39 is 0 Å². The third kappa shape index (κ3) is 9.75. The van der Waals surface area contributed by atoms with E-state index in [1.165, 1.54) is 27.4 Å². The molecule has 4 heterocycles. The maximum atomic E-state index is 5.37. The van der Waals surface area contributed by atoms with E-state index in [0.717, 1.165) is 50.1 Å². The normalized spacial score (nSPS) is 10.6. The first-order chi connectivity index (χ1) is 26.1. The van der Waals surface area contributed by atoms with Crippen molar-refractivity contribution in [2.75, 3.05) is 28.4 Å². The van der Waals surface area contributed by atoms with Gasteiger partial charge in [0, 0.05) is 86.2 Å². The fourth-order valence-corrected chi connectivity index (χ4v) is 6.71. The number of benzene rings is 4. The van der Waals surface area contributed by atoms with Crippen molar-refractivity contribution in [1.29, 1.82) is 0 Å². The molecule has 8 rings (SSSR count). The highest BCUT2D eigenvalue weighted by molar-refractivity contribution is 9.08. The molecule has 0 atom stereocenters. The molecule has 0 bridgehead atoms. The van der Waals surface area contributed by atoms with Crippen LogP contribution in [0, 0.1) is 0 Å². The molecule has 12 heteroatoms. The number of hydrogen-bond donors (Lipinski definition) is 0. The molecule has 0 spiro atoms. The lowest BCUT2D eigenvalue weighted by atomic mass is 9.78. The van der Waals surface area contributed by atoms with Gasteiger partial charge in [-0.25, -0.2) is 0 Å². The number of alkyl halides is 1. The van der Waals surface area contributed by atoms with Crippen LogP contribution in [0.4, 0.5) is 0 Å². The SMILES string of the molecule is COB(OC)c1cccc(CBr)c1.COB(OC)c1cccc(C[n+]2cccc3c4cccnc4ccc32)c1.[Br-].c1cnc2ccc3ncccc3c2c1. The smallest absolute Gasteiger partial charge is 0.493 e. The lowest BCUT2D eigenvalue weighted by molar-refractivity contribution is -0.662. The van der Waals surface area contributed by atoms with Gasteiger partial charge in [0.2, 0.25) is 5.52 Å². The van der Waals surface area contributed by atoms with Crippen molar-refractivity contribution >= 4 is 84.7 Å². The zero-order valence-electron chi connectivity index (χ0n) is 30.6. The molecule has 0 fully saturated rings. The minimum atomic E-state index is -0.345. The van der Waals surface area contributed by atoms with Crippen molar-refractivity contribution in [3.63, 3.8) is 0 Å². The largest absolute Gasteiger partial charge is 1.00 e. The Morgan fingerprint density at radius 3 is 1.46 bits per heavy atom. The van der Waals surface area contributed by atoms with Gasteiger partial charge < -0.3 is 35.6 Å². The maximum Gasteiger partial charge on any atom is 0.493 e. The molecule has 0 N–H and O–H groups in total. The monoisotopic (exact) mass is 844 g/mol. The Morgan fingerprint density at radius 1 is 0.519 bits per heavy atom. The summed E-state index contributed by atoms with van der Waals surface area (Å²) in [7, 11) is 5.96. The minimum Gasteiger partial charge on any atom is -1.00 e. The summed E-state index contributed by atoms with van der Waals surface area (Å²) in [5.41, 5.74) is 8.73. The van der Waals surface area contributed by atoms with E-state index in [1.807, 2.05) is 73.2 Å². The van der Waals surface area contributed by atoms with Crippen LogP contribution in [0.25, 0.3) is 43.6 Å². The molecule has 0 saturated carbocycles. The van der Waals surface area contributed by atoms with Crippen molar-refractivity contribution in [2.45, 2.75) is 11.9 Å². The average Bonchev–Trinajstić information content (AvgIpc) is 3.22. The molecule has 0 radical (unpaired) electrons. The van der Waals surface area contributed by atoms with Crippen LogP contribution < -0.4 is 32.5 Å². The van der Waals surface area contributed by atoms with E-state index >= 15 is 0 Å². The van der Waals surface area contributed by atoms with Gasteiger partial charge in [-0.3, -0.25) is 15.0 Å². The van der Waals surface area contributed by atoms with Gasteiger partial charge in [0.25, 0.3) is 0 Å². The second-order valence-electron chi connectivity index (χ2n) is 12.1. The molecule has 272 valence electrons. The van der Waals surface area contributed by atoms with Gasteiger partial charge in [0.15, 0.2) is 12.7 Å². The van der Waals surface area contributed by atoms with Crippen LogP contribution in [0.3, 0.4) is 0 Å². The Morgan fingerprint density at radius 2 is 0.963 bits per heavy atom. The van der Waals surface area contributed by atoms with Gasteiger partial charge in [0.05, 0.1) is 21.9 Å². The predicted molar refractivity (Wildman–Crippen MR) is 220 cm³/mol. The quantitative estimate of drug-likeness (QED) is 0.0940. The molecular formula is C42H40B2Br2N4O4. The fourth-order valence-electron chi connectivity index (χ4n) is 6.36. The van der Waals surface area contributed by atoms with Crippen molar-refractivity contribution < 1.29 is 40.2 Å². The number of nitrogens with zero attached hydrogens (tertiary/aromatic N) is 4. The van der Waals surface area contributed by atoms with Crippen LogP contribution in [-0.2, 0) is 30.5 Å². The van der Waals surface area contributed by atoms with E-state index in [0.29, 0.717) is 0 Å². The molecule has 8 nitrogen and oxygen atoms in total. The van der Waals surface area contributed by atoms with Crippen LogP contribution in [0.2, 0.25) is 0 Å². The summed E-state index contributed by atoms with van der Waals surface area (Å²) < 4.78 is 23.3. The van der Waals surface area contributed by atoms with Gasteiger partial charge in [-0.2, -0.15) is 4.57 Å². The second-order valence-corrected chi connectivity index (χ2v) is 12.7. The third-order valence-corrected chi connectivity index (χ3v) is 9.47. The molecule has 0 amide bonds. The van der Waals surface area contributed by atoms with Gasteiger partial charge in [-0.15, -0.1) is 0 Å². The standard InChI is InChI=1S/C21H20BN2O2.C12H8N2.C9H12BBrO2.BrH/c1-25-22(26-2)17-7-3-6-16(14-17)15-24-13-5-9-19-18-8-4-12-23-20(18)10-11-21(19)24;1-3-9-10-4-2-8-14-12(10)6-5-11(9)13-7-1;1-12-10(13-2)9-5-3-4-8(6-9)7-11;/h3-14H,15H2,1-2H3;1-8H;3-6H,7H2,1-2H3;1H/q+1;;;/p-1. The van der Waals surface area contributed by atoms with Crippen LogP contribution >= 0.6 is 15.9 Å². The van der Waals surface area contributed by atoms with E-state index in [-0.39, 0.29) is 31.2 Å². The van der Waals surface area contributed by atoms with Crippen LogP contribution in [0.15, 0.2) is 146 Å². The van der Waals surface area contributed by atoms with Crippen molar-refractivity contribution in [1.82, 2.24) is 15.0 Å². The van der Waals surface area contributed by atoms with Crippen molar-refractivity contribution in [3.05, 3.63) is 157 Å². The summed E-state index contributed by atoms with van der Waals surface area (Å²) in [5, 5.41) is 5.56. The summed E-state index contributed by atoms with van der Waals surface area (Å²) in [5.74, 6) is 0. The molecule has 0 aliphatic heterocycles. The molecule has 0 unspecified atom stereocenters. The average molecular weight is 846 g/mol. The number of fused-ring (bicyclic) bond motifs is 6. The third-order valence-electron chi connectivity index (χ3n) is 8.82. The molecule has 8 aromatic rings. The molecule has 4 aromatic heterocycles. The lowest BCUT2D eigenvalue weighted by Crippen LogP contribution is -3.00. The maximum absolute atomic E-state index is 5.37. The first-order valence-electron chi connectivity index (χ1n) is 17.2. The highest BCUT2D eigenvalue weighted by Gasteiger charge is 2.20. The summed E-state index contributed by atoms with van der Waals surface area (Å²) >= 11 is 3.40. The van der Waals surface area contributed by atoms with E-state index in [4.69, 9.17) is 18.6 Å². The Hall–Kier alpha value is -4.55. The summed E-state index contributed by atoms with van der Waals surface area (Å²) in [4.78, 5) is 13.1. The molecule has 4 aromatic carbocycles. The summed E-state index contributed by atoms with van der Waals surface area (Å²) in [6.45, 7) is 0.775. The van der Waals surface area contributed by atoms with Gasteiger partial charge >= 0.3 is 14.2 Å². The highest BCUT2D eigenvalue weighted by Crippen LogP contribution is 2.22. The Kier molecular flexibility index (Phi) is 15.2. The first-order valence-corrected chi connectivity index (χ1v) is 18.3. The van der Waals surface area contributed by atoms with E-state index in [1.54, 1.807) is 28.4 Å². The second kappa shape index (κ2) is 20.2. The Bertz CT molecular complexity index is 2380. The zero-order chi connectivity index (χ0) is 37.0. The van der Waals surface area contributed by atoms with Gasteiger partial charge in [-0.1, -0.05) is 82.7 Å².